The normalized spacial score (nSPS) is 16.2. The van der Waals surface area contributed by atoms with Crippen LogP contribution in [0.1, 0.15) is 289 Å². The fourth-order valence-electron chi connectivity index (χ4n) is 17.2. The van der Waals surface area contributed by atoms with Gasteiger partial charge in [-0.25, -0.2) is 42.9 Å². The van der Waals surface area contributed by atoms with E-state index in [4.69, 9.17) is 16.3 Å². The third-order valence-corrected chi connectivity index (χ3v) is 25.3. The molecule has 5 heterocycles. The minimum absolute atomic E-state index is 0.0287. The van der Waals surface area contributed by atoms with Gasteiger partial charge in [0.1, 0.15) is 34.9 Å². The molecule has 714 valence electrons. The summed E-state index contributed by atoms with van der Waals surface area (Å²) in [6.07, 6.45) is 18.8. The first-order chi connectivity index (χ1) is 62.3. The molecule has 6 N–H and O–H groups in total. The van der Waals surface area contributed by atoms with Gasteiger partial charge in [0.25, 0.3) is 0 Å². The Balaban J connectivity index is 0.000000141. The zero-order chi connectivity index (χ0) is 96.6. The van der Waals surface area contributed by atoms with Crippen molar-refractivity contribution in [2.45, 2.75) is 314 Å². The van der Waals surface area contributed by atoms with Gasteiger partial charge in [-0.15, -0.1) is 0 Å². The van der Waals surface area contributed by atoms with Crippen molar-refractivity contribution in [3.05, 3.63) is 143 Å². The van der Waals surface area contributed by atoms with Crippen LogP contribution in [0.2, 0.25) is 0 Å². The average molecular weight is 1840 g/mol. The topological polar surface area (TPSA) is 287 Å². The number of halogens is 7. The number of ether oxygens (including phenoxy) is 3. The smallest absolute Gasteiger partial charge is 0.387 e. The Labute approximate surface area is 772 Å². The van der Waals surface area contributed by atoms with Crippen molar-refractivity contribution in [2.24, 2.45) is 33.0 Å². The summed E-state index contributed by atoms with van der Waals surface area (Å²) in [6.45, 7) is 37.3. The van der Waals surface area contributed by atoms with Crippen molar-refractivity contribution in [3.63, 3.8) is 0 Å². The second-order valence-corrected chi connectivity index (χ2v) is 43.0. The van der Waals surface area contributed by atoms with E-state index < -0.39 is 41.8 Å². The van der Waals surface area contributed by atoms with Crippen LogP contribution in [-0.2, 0) is 47.3 Å². The molecule has 25 nitrogen and oxygen atoms in total. The van der Waals surface area contributed by atoms with Crippen LogP contribution in [0.3, 0.4) is 0 Å². The van der Waals surface area contributed by atoms with Crippen LogP contribution in [0.25, 0.3) is 60.0 Å². The van der Waals surface area contributed by atoms with E-state index in [9.17, 15) is 59.8 Å². The van der Waals surface area contributed by atoms with Gasteiger partial charge in [-0.1, -0.05) is 126 Å². The van der Waals surface area contributed by atoms with Crippen LogP contribution in [0, 0.1) is 57.0 Å². The quantitative estimate of drug-likeness (QED) is 0.0229. The Morgan fingerprint density at radius 3 is 1.38 bits per heavy atom. The molecule has 0 atom stereocenters. The maximum absolute atomic E-state index is 14.9. The first-order valence-corrected chi connectivity index (χ1v) is 46.2. The lowest BCUT2D eigenvalue weighted by Crippen LogP contribution is -2.38. The van der Waals surface area contributed by atoms with E-state index in [-0.39, 0.29) is 120 Å². The van der Waals surface area contributed by atoms with Gasteiger partial charge >= 0.3 is 13.2 Å². The SMILES string of the molecule is CC(C)(C)CC(=O)Nc1nc2c(F)cc(OCc3ccccc3)cc2n1C1CCC1.CC(C)(C)CC(=O)Nc1nc2ccc(OC(F)F)cc2n1C1CCC1.CC(C)(CC(=O)Nc1nc2c(F)cc(OC(F)F)cc2n1C1CCC1)C1CC1.CC1(CC(=O)Nc2nc3ccc(C(C)(C)O)cc3n2C2(C)CCC2)CC1.[C-]#[N+]c1ccc2nc(NC(=O)CC(C)(C)C)n(C(C)(C)C)c2c1F. The molecule has 5 aromatic heterocycles. The number of nitrogens with one attached hydrogen (secondary N) is 5. The summed E-state index contributed by atoms with van der Waals surface area (Å²) in [5, 5.41) is 24.9. The van der Waals surface area contributed by atoms with Gasteiger partial charge in [-0.3, -0.25) is 50.6 Å². The van der Waals surface area contributed by atoms with Crippen molar-refractivity contribution in [1.82, 2.24) is 47.8 Å². The lowest BCUT2D eigenvalue weighted by atomic mass is 9.78. The van der Waals surface area contributed by atoms with Crippen LogP contribution < -0.4 is 40.8 Å². The highest BCUT2D eigenvalue weighted by Crippen LogP contribution is 2.51. The van der Waals surface area contributed by atoms with Crippen molar-refractivity contribution >= 4 is 120 Å². The third kappa shape index (κ3) is 24.7. The van der Waals surface area contributed by atoms with Gasteiger partial charge in [0.2, 0.25) is 65.0 Å². The number of carbonyl (C=O) groups is 5. The maximum atomic E-state index is 14.9. The molecule has 6 saturated carbocycles. The number of benzene rings is 6. The van der Waals surface area contributed by atoms with Gasteiger partial charge in [0.05, 0.1) is 56.3 Å². The van der Waals surface area contributed by atoms with Crippen LogP contribution in [0.5, 0.6) is 17.2 Å². The van der Waals surface area contributed by atoms with E-state index in [1.807, 2.05) is 147 Å². The molecule has 32 heteroatoms. The minimum Gasteiger partial charge on any atom is -0.489 e. The van der Waals surface area contributed by atoms with Crippen LogP contribution in [0.4, 0.5) is 66.2 Å². The minimum atomic E-state index is -3.04. The number of nitrogens with zero attached hydrogens (tertiary/aromatic N) is 11. The monoisotopic (exact) mass is 1840 g/mol. The van der Waals surface area contributed by atoms with Gasteiger partial charge in [-0.05, 0) is 219 Å². The van der Waals surface area contributed by atoms with E-state index >= 15 is 0 Å². The number of carbonyl (C=O) groups excluding carboxylic acids is 5. The number of alkyl halides is 4. The summed E-state index contributed by atoms with van der Waals surface area (Å²) in [6, 6.07) is 29.3. The zero-order valence-electron chi connectivity index (χ0n) is 79.6. The summed E-state index contributed by atoms with van der Waals surface area (Å²) in [5.74, 6) is 0.634. The fourth-order valence-corrected chi connectivity index (χ4v) is 17.2. The van der Waals surface area contributed by atoms with E-state index in [2.05, 4.69) is 93.1 Å². The van der Waals surface area contributed by atoms with E-state index in [0.717, 1.165) is 125 Å². The molecular weight excluding hydrogens is 1710 g/mol. The Bertz CT molecular complexity index is 6140. The second kappa shape index (κ2) is 39.1. The Hall–Kier alpha value is -11.6. The number of hydrogen-bond donors (Lipinski definition) is 6. The Morgan fingerprint density at radius 2 is 0.917 bits per heavy atom. The first kappa shape index (κ1) is 98.9. The Morgan fingerprint density at radius 1 is 0.481 bits per heavy atom. The van der Waals surface area contributed by atoms with Crippen LogP contribution in [0.15, 0.2) is 103 Å². The summed E-state index contributed by atoms with van der Waals surface area (Å²) in [7, 11) is 0. The highest BCUT2D eigenvalue weighted by atomic mass is 19.3. The van der Waals surface area contributed by atoms with Crippen LogP contribution in [-0.4, -0.2) is 95.6 Å². The molecule has 0 spiro atoms. The van der Waals surface area contributed by atoms with E-state index in [1.165, 1.54) is 30.7 Å². The van der Waals surface area contributed by atoms with Gasteiger partial charge < -0.3 is 42.2 Å². The number of aromatic nitrogens is 10. The first-order valence-electron chi connectivity index (χ1n) is 46.2. The highest BCUT2D eigenvalue weighted by Gasteiger charge is 2.43. The van der Waals surface area contributed by atoms with Gasteiger partial charge in [-0.2, -0.15) is 17.6 Å². The van der Waals surface area contributed by atoms with Crippen molar-refractivity contribution < 1.29 is 74.0 Å². The average Bonchev–Trinajstić information content (AvgIpc) is 1.60. The van der Waals surface area contributed by atoms with E-state index in [1.54, 1.807) is 41.2 Å². The largest absolute Gasteiger partial charge is 0.489 e. The van der Waals surface area contributed by atoms with E-state index in [0.29, 0.717) is 102 Å². The molecule has 0 bridgehead atoms. The molecule has 6 aromatic carbocycles. The number of hydrogen-bond acceptors (Lipinski definition) is 14. The molecule has 6 fully saturated rings. The number of fused-ring (bicyclic) bond motifs is 5. The summed E-state index contributed by atoms with van der Waals surface area (Å²) in [4.78, 5) is 87.8. The Kier molecular flexibility index (Phi) is 29.1. The van der Waals surface area contributed by atoms with Crippen molar-refractivity contribution in [3.8, 4) is 17.2 Å². The molecule has 0 saturated heterocycles. The predicted molar refractivity (Wildman–Crippen MR) is 504 cm³/mol. The molecule has 5 amide bonds. The van der Waals surface area contributed by atoms with Gasteiger partial charge in [0.15, 0.2) is 17.5 Å². The standard InChI is InChI=1S/C24H28FN3O2.C21H29N3O2.C20H24F3N3O2.C18H23F2N3O2.C18H23FN4O/c1-24(2,3)14-21(29)26-23-27-22-19(25)12-18(30-15-16-8-5-4-6-9-16)13-20(22)28(23)17-10-7-11-17;1-19(2,26)14-6-7-15-16(12-14)24(21(4)8-5-9-21)18(22-15)23-17(25)13-20(3)10-11-20;1-20(2,11-6-7-11)10-16(27)24-19-25-17-14(21)8-13(28-18(22)23)9-15(17)26(19)12-4-3-5-12;1-18(2,3)10-15(24)22-17-21-13-8-7-12(25-16(19)20)9-14(13)23(17)11-5-4-6-11;1-17(2,3)10-13(24)22-16-21-12-9-8-11(20-7)14(19)15(12)23(16)18(4,5)6/h4-6,8-9,12-13,17H,7,10-11,14-15H2,1-3H3,(H,26,27,29);6-7,12,26H,5,8-11,13H2,1-4H3,(H,22,23,25);8-9,11-12,18H,3-7,10H2,1-2H3,(H,24,25,27);7-9,11,16H,4-6,10H2,1-3H3,(H,21,22,24);8-9H,10H2,1-6H3,(H,21,22,24). The number of amides is 5. The molecule has 17 rings (SSSR count). The highest BCUT2D eigenvalue weighted by molar-refractivity contribution is 5.97. The van der Waals surface area contributed by atoms with Crippen LogP contribution >= 0.6 is 0 Å². The van der Waals surface area contributed by atoms with Crippen molar-refractivity contribution in [2.75, 3.05) is 26.6 Å². The summed E-state index contributed by atoms with van der Waals surface area (Å²) in [5.41, 5.74) is 5.20. The number of aliphatic hydroxyl groups is 1. The maximum Gasteiger partial charge on any atom is 0.387 e. The summed E-state index contributed by atoms with van der Waals surface area (Å²) >= 11 is 0. The lowest BCUT2D eigenvalue weighted by molar-refractivity contribution is -0.119. The molecule has 0 unspecified atom stereocenters. The lowest BCUT2D eigenvalue weighted by Gasteiger charge is -2.41. The van der Waals surface area contributed by atoms with Gasteiger partial charge in [0, 0.05) is 91.6 Å². The predicted octanol–water partition coefficient (Wildman–Crippen LogP) is 25.0. The second-order valence-electron chi connectivity index (χ2n) is 43.0. The molecule has 0 aliphatic heterocycles. The fraction of sp³-hybridized carbons (Fsp3) is 0.535. The number of imidazole rings is 5. The molecular formula is C101H127F7N16O9. The molecule has 11 aromatic rings. The summed E-state index contributed by atoms with van der Waals surface area (Å²) < 4.78 is 118. The molecule has 6 aliphatic carbocycles. The molecule has 0 radical (unpaired) electrons. The molecule has 6 aliphatic rings. The third-order valence-electron chi connectivity index (χ3n) is 25.3. The zero-order valence-corrected chi connectivity index (χ0v) is 79.6. The van der Waals surface area contributed by atoms with Crippen molar-refractivity contribution in [1.29, 1.82) is 0 Å². The number of anilines is 5. The molecule has 133 heavy (non-hydrogen) atoms. The number of rotatable bonds is 25.